The van der Waals surface area contributed by atoms with Crippen LogP contribution in [0.5, 0.6) is 11.5 Å². The van der Waals surface area contributed by atoms with E-state index in [1.165, 1.54) is 5.56 Å². The minimum Gasteiger partial charge on any atom is -0.494 e. The van der Waals surface area contributed by atoms with E-state index in [9.17, 15) is 0 Å². The molecule has 3 nitrogen and oxygen atoms in total. The summed E-state index contributed by atoms with van der Waals surface area (Å²) in [5.74, 6) is 1.66. The molecule has 20 heavy (non-hydrogen) atoms. The van der Waals surface area contributed by atoms with Crippen molar-refractivity contribution in [1.29, 1.82) is 0 Å². The number of rotatable bonds is 6. The summed E-state index contributed by atoms with van der Waals surface area (Å²) in [5.41, 5.74) is 8.38. The maximum absolute atomic E-state index is 6.20. The van der Waals surface area contributed by atoms with Crippen LogP contribution in [0, 0.1) is 6.92 Å². The lowest BCUT2D eigenvalue weighted by Gasteiger charge is -2.17. The van der Waals surface area contributed by atoms with E-state index in [-0.39, 0.29) is 6.04 Å². The Bertz CT molecular complexity index is 537. The molecule has 2 aromatic carbocycles. The first-order valence-corrected chi connectivity index (χ1v) is 6.87. The van der Waals surface area contributed by atoms with Crippen molar-refractivity contribution in [2.75, 3.05) is 13.2 Å². The molecular formula is C17H21NO2. The van der Waals surface area contributed by atoms with Crippen molar-refractivity contribution in [2.24, 2.45) is 5.73 Å². The Morgan fingerprint density at radius 3 is 2.40 bits per heavy atom. The second-order valence-electron chi connectivity index (χ2n) is 4.70. The zero-order chi connectivity index (χ0) is 14.4. The molecule has 2 rings (SSSR count). The molecular weight excluding hydrogens is 250 g/mol. The fourth-order valence-electron chi connectivity index (χ4n) is 1.98. The van der Waals surface area contributed by atoms with Gasteiger partial charge in [0.15, 0.2) is 0 Å². The van der Waals surface area contributed by atoms with Crippen molar-refractivity contribution in [3.8, 4) is 11.5 Å². The van der Waals surface area contributed by atoms with Crippen LogP contribution in [0.2, 0.25) is 0 Å². The molecule has 0 amide bonds. The van der Waals surface area contributed by atoms with Crippen LogP contribution in [0.15, 0.2) is 48.5 Å². The summed E-state index contributed by atoms with van der Waals surface area (Å²) in [6.07, 6.45) is 0. The zero-order valence-electron chi connectivity index (χ0n) is 12.0. The molecule has 0 heterocycles. The summed E-state index contributed by atoms with van der Waals surface area (Å²) in [7, 11) is 0. The second kappa shape index (κ2) is 6.96. The number of ether oxygens (including phenoxy) is 2. The third-order valence-corrected chi connectivity index (χ3v) is 3.07. The van der Waals surface area contributed by atoms with Crippen molar-refractivity contribution in [3.05, 3.63) is 59.7 Å². The molecule has 0 spiro atoms. The van der Waals surface area contributed by atoms with Crippen LogP contribution in [0.25, 0.3) is 0 Å². The second-order valence-corrected chi connectivity index (χ2v) is 4.70. The van der Waals surface area contributed by atoms with Gasteiger partial charge in [0, 0.05) is 5.56 Å². The van der Waals surface area contributed by atoms with Crippen LogP contribution in [0.3, 0.4) is 0 Å². The van der Waals surface area contributed by atoms with Gasteiger partial charge in [0.05, 0.1) is 12.6 Å². The Morgan fingerprint density at radius 1 is 1.00 bits per heavy atom. The molecule has 0 aliphatic carbocycles. The Labute approximate surface area is 120 Å². The number of benzene rings is 2. The number of nitrogens with two attached hydrogens (primary N) is 1. The van der Waals surface area contributed by atoms with Crippen LogP contribution in [-0.4, -0.2) is 13.2 Å². The van der Waals surface area contributed by atoms with Gasteiger partial charge in [-0.15, -0.1) is 0 Å². The normalized spacial score (nSPS) is 11.9. The number of aryl methyl sites for hydroxylation is 1. The third-order valence-electron chi connectivity index (χ3n) is 3.07. The van der Waals surface area contributed by atoms with Gasteiger partial charge in [-0.25, -0.2) is 0 Å². The van der Waals surface area contributed by atoms with Crippen molar-refractivity contribution in [3.63, 3.8) is 0 Å². The number of hydrogen-bond acceptors (Lipinski definition) is 3. The van der Waals surface area contributed by atoms with Gasteiger partial charge in [0.1, 0.15) is 18.1 Å². The SMILES string of the molecule is CCOc1ccccc1C(N)COc1ccc(C)cc1. The number of hydrogen-bond donors (Lipinski definition) is 1. The van der Waals surface area contributed by atoms with Gasteiger partial charge in [-0.3, -0.25) is 0 Å². The van der Waals surface area contributed by atoms with E-state index >= 15 is 0 Å². The van der Waals surface area contributed by atoms with Gasteiger partial charge in [-0.1, -0.05) is 35.9 Å². The van der Waals surface area contributed by atoms with E-state index < -0.39 is 0 Å². The van der Waals surface area contributed by atoms with E-state index in [1.807, 2.05) is 62.4 Å². The van der Waals surface area contributed by atoms with E-state index in [4.69, 9.17) is 15.2 Å². The molecule has 106 valence electrons. The molecule has 1 atom stereocenters. The van der Waals surface area contributed by atoms with Crippen LogP contribution in [0.4, 0.5) is 0 Å². The Hall–Kier alpha value is -2.00. The van der Waals surface area contributed by atoms with Gasteiger partial charge in [0.2, 0.25) is 0 Å². The first kappa shape index (κ1) is 14.4. The highest BCUT2D eigenvalue weighted by molar-refractivity contribution is 5.36. The topological polar surface area (TPSA) is 44.5 Å². The molecule has 1 unspecified atom stereocenters. The van der Waals surface area contributed by atoms with Crippen molar-refractivity contribution >= 4 is 0 Å². The van der Waals surface area contributed by atoms with Gasteiger partial charge < -0.3 is 15.2 Å². The standard InChI is InChI=1S/C17H21NO2/c1-3-19-17-7-5-4-6-15(17)16(18)12-20-14-10-8-13(2)9-11-14/h4-11,16H,3,12,18H2,1-2H3. The minimum atomic E-state index is -0.209. The van der Waals surface area contributed by atoms with E-state index in [0.29, 0.717) is 13.2 Å². The van der Waals surface area contributed by atoms with Gasteiger partial charge in [0.25, 0.3) is 0 Å². The monoisotopic (exact) mass is 271 g/mol. The molecule has 0 saturated heterocycles. The lowest BCUT2D eigenvalue weighted by Crippen LogP contribution is -2.20. The van der Waals surface area contributed by atoms with Crippen LogP contribution in [0.1, 0.15) is 24.1 Å². The van der Waals surface area contributed by atoms with Crippen molar-refractivity contribution in [2.45, 2.75) is 19.9 Å². The molecule has 3 heteroatoms. The highest BCUT2D eigenvalue weighted by atomic mass is 16.5. The lowest BCUT2D eigenvalue weighted by molar-refractivity contribution is 0.282. The Kier molecular flexibility index (Phi) is 5.02. The van der Waals surface area contributed by atoms with E-state index in [1.54, 1.807) is 0 Å². The summed E-state index contributed by atoms with van der Waals surface area (Å²) < 4.78 is 11.3. The predicted octanol–water partition coefficient (Wildman–Crippen LogP) is 3.47. The highest BCUT2D eigenvalue weighted by Gasteiger charge is 2.12. The zero-order valence-corrected chi connectivity index (χ0v) is 12.0. The lowest BCUT2D eigenvalue weighted by atomic mass is 10.1. The molecule has 0 aromatic heterocycles. The molecule has 0 aliphatic rings. The molecule has 0 saturated carbocycles. The largest absolute Gasteiger partial charge is 0.494 e. The maximum atomic E-state index is 6.20. The van der Waals surface area contributed by atoms with Crippen LogP contribution in [-0.2, 0) is 0 Å². The van der Waals surface area contributed by atoms with Gasteiger partial charge >= 0.3 is 0 Å². The maximum Gasteiger partial charge on any atom is 0.124 e. The highest BCUT2D eigenvalue weighted by Crippen LogP contribution is 2.24. The van der Waals surface area contributed by atoms with Crippen LogP contribution >= 0.6 is 0 Å². The molecule has 0 fully saturated rings. The van der Waals surface area contributed by atoms with E-state index in [0.717, 1.165) is 17.1 Å². The molecule has 2 aromatic rings. The Morgan fingerprint density at radius 2 is 1.70 bits per heavy atom. The quantitative estimate of drug-likeness (QED) is 0.875. The molecule has 2 N–H and O–H groups in total. The fourth-order valence-corrected chi connectivity index (χ4v) is 1.98. The molecule has 0 bridgehead atoms. The molecule has 0 radical (unpaired) electrons. The smallest absolute Gasteiger partial charge is 0.124 e. The van der Waals surface area contributed by atoms with Crippen molar-refractivity contribution in [1.82, 2.24) is 0 Å². The fraction of sp³-hybridized carbons (Fsp3) is 0.294. The van der Waals surface area contributed by atoms with Gasteiger partial charge in [-0.2, -0.15) is 0 Å². The van der Waals surface area contributed by atoms with Crippen molar-refractivity contribution < 1.29 is 9.47 Å². The third kappa shape index (κ3) is 3.75. The van der Waals surface area contributed by atoms with Gasteiger partial charge in [-0.05, 0) is 32.0 Å². The summed E-state index contributed by atoms with van der Waals surface area (Å²) in [6.45, 7) is 5.06. The first-order chi connectivity index (χ1) is 9.70. The Balaban J connectivity index is 2.01. The average molecular weight is 271 g/mol. The predicted molar refractivity (Wildman–Crippen MR) is 81.2 cm³/mol. The average Bonchev–Trinajstić information content (AvgIpc) is 2.47. The van der Waals surface area contributed by atoms with Crippen LogP contribution < -0.4 is 15.2 Å². The summed E-state index contributed by atoms with van der Waals surface area (Å²) >= 11 is 0. The molecule has 0 aliphatic heterocycles. The summed E-state index contributed by atoms with van der Waals surface area (Å²) in [5, 5.41) is 0. The minimum absolute atomic E-state index is 0.209. The van der Waals surface area contributed by atoms with E-state index in [2.05, 4.69) is 0 Å². The summed E-state index contributed by atoms with van der Waals surface area (Å²) in [4.78, 5) is 0. The summed E-state index contributed by atoms with van der Waals surface area (Å²) in [6, 6.07) is 15.6. The first-order valence-electron chi connectivity index (χ1n) is 6.87. The number of para-hydroxylation sites is 1.